The quantitative estimate of drug-likeness (QED) is 0.488. The number of thiophene rings is 1. The zero-order valence-corrected chi connectivity index (χ0v) is 7.98. The molecule has 0 bridgehead atoms. The first-order valence-electron chi connectivity index (χ1n) is 4.38. The summed E-state index contributed by atoms with van der Waals surface area (Å²) in [6.45, 7) is 0. The largest absolute Gasteiger partial charge is 0.303 e. The van der Waals surface area contributed by atoms with Crippen LogP contribution in [0, 0.1) is 0 Å². The topological polar surface area (TPSA) is 17.1 Å². The summed E-state index contributed by atoms with van der Waals surface area (Å²) >= 11 is 1.75. The van der Waals surface area contributed by atoms with Crippen LogP contribution in [-0.4, -0.2) is 6.29 Å². The molecule has 1 aromatic rings. The molecule has 0 N–H and O–H groups in total. The van der Waals surface area contributed by atoms with Gasteiger partial charge in [0, 0.05) is 6.42 Å². The van der Waals surface area contributed by atoms with Gasteiger partial charge in [0.15, 0.2) is 0 Å². The lowest BCUT2D eigenvalue weighted by Gasteiger charge is -1.95. The number of carbonyl (C=O) groups is 1. The fraction of sp³-hybridized carbons (Fsp3) is 0.500. The van der Waals surface area contributed by atoms with Gasteiger partial charge in [-0.05, 0) is 41.7 Å². The molecule has 1 rings (SSSR count). The van der Waals surface area contributed by atoms with Crippen LogP contribution < -0.4 is 0 Å². The van der Waals surface area contributed by atoms with Crippen LogP contribution >= 0.6 is 11.3 Å². The molecule has 0 saturated heterocycles. The highest BCUT2D eigenvalue weighted by molar-refractivity contribution is 7.07. The molecule has 1 heterocycles. The van der Waals surface area contributed by atoms with Crippen LogP contribution in [0.25, 0.3) is 0 Å². The van der Waals surface area contributed by atoms with Crippen molar-refractivity contribution in [1.82, 2.24) is 0 Å². The molecule has 0 aliphatic carbocycles. The van der Waals surface area contributed by atoms with Gasteiger partial charge in [-0.3, -0.25) is 0 Å². The Bertz CT molecular complexity index is 204. The smallest absolute Gasteiger partial charge is 0.119 e. The Balaban J connectivity index is 2.00. The summed E-state index contributed by atoms with van der Waals surface area (Å²) in [5, 5.41) is 4.31. The first-order chi connectivity index (χ1) is 5.93. The van der Waals surface area contributed by atoms with E-state index in [2.05, 4.69) is 16.8 Å². The number of rotatable bonds is 6. The van der Waals surface area contributed by atoms with Gasteiger partial charge in [-0.1, -0.05) is 6.42 Å². The molecule has 66 valence electrons. The minimum atomic E-state index is 0.726. The minimum Gasteiger partial charge on any atom is -0.303 e. The maximum absolute atomic E-state index is 10.00. The van der Waals surface area contributed by atoms with E-state index in [1.807, 2.05) is 0 Å². The number of unbranched alkanes of at least 4 members (excludes halogenated alkanes) is 3. The van der Waals surface area contributed by atoms with E-state index in [1.165, 1.54) is 24.8 Å². The van der Waals surface area contributed by atoms with E-state index < -0.39 is 0 Å². The van der Waals surface area contributed by atoms with Crippen molar-refractivity contribution in [3.63, 3.8) is 0 Å². The summed E-state index contributed by atoms with van der Waals surface area (Å²) in [7, 11) is 0. The third-order valence-electron chi connectivity index (χ3n) is 1.87. The number of carbonyl (C=O) groups excluding carboxylic acids is 1. The Hall–Kier alpha value is -0.630. The van der Waals surface area contributed by atoms with Crippen molar-refractivity contribution in [2.45, 2.75) is 32.1 Å². The molecule has 1 aromatic heterocycles. The Kier molecular flexibility index (Phi) is 4.69. The van der Waals surface area contributed by atoms with Gasteiger partial charge in [0.1, 0.15) is 6.29 Å². The Morgan fingerprint density at radius 2 is 2.25 bits per heavy atom. The summed E-state index contributed by atoms with van der Waals surface area (Å²) in [4.78, 5) is 10.00. The number of hydrogen-bond donors (Lipinski definition) is 0. The van der Waals surface area contributed by atoms with Crippen LogP contribution in [0.1, 0.15) is 31.2 Å². The fourth-order valence-corrected chi connectivity index (χ4v) is 1.87. The molecule has 0 fully saturated rings. The lowest BCUT2D eigenvalue weighted by molar-refractivity contribution is -0.107. The van der Waals surface area contributed by atoms with Gasteiger partial charge < -0.3 is 4.79 Å². The number of aldehydes is 1. The van der Waals surface area contributed by atoms with E-state index in [-0.39, 0.29) is 0 Å². The minimum absolute atomic E-state index is 0.726. The molecule has 0 aromatic carbocycles. The van der Waals surface area contributed by atoms with E-state index in [4.69, 9.17) is 0 Å². The summed E-state index contributed by atoms with van der Waals surface area (Å²) in [6.07, 6.45) is 6.34. The van der Waals surface area contributed by atoms with Crippen molar-refractivity contribution < 1.29 is 4.79 Å². The van der Waals surface area contributed by atoms with E-state index in [1.54, 1.807) is 11.3 Å². The number of hydrogen-bond acceptors (Lipinski definition) is 2. The van der Waals surface area contributed by atoms with Crippen LogP contribution in [0.15, 0.2) is 16.8 Å². The van der Waals surface area contributed by atoms with Gasteiger partial charge in [0.05, 0.1) is 0 Å². The SMILES string of the molecule is O=CCCCCCc1ccsc1. The van der Waals surface area contributed by atoms with Crippen LogP contribution in [-0.2, 0) is 11.2 Å². The van der Waals surface area contributed by atoms with Crippen molar-refractivity contribution in [1.29, 1.82) is 0 Å². The van der Waals surface area contributed by atoms with Crippen molar-refractivity contribution in [3.8, 4) is 0 Å². The van der Waals surface area contributed by atoms with Gasteiger partial charge in [-0.15, -0.1) is 0 Å². The predicted molar refractivity (Wildman–Crippen MR) is 52.6 cm³/mol. The second-order valence-electron chi connectivity index (χ2n) is 2.90. The highest BCUT2D eigenvalue weighted by Gasteiger charge is 1.92. The van der Waals surface area contributed by atoms with Gasteiger partial charge in [-0.2, -0.15) is 11.3 Å². The zero-order valence-electron chi connectivity index (χ0n) is 7.16. The maximum Gasteiger partial charge on any atom is 0.119 e. The third kappa shape index (κ3) is 3.67. The van der Waals surface area contributed by atoms with Crippen molar-refractivity contribution in [2.75, 3.05) is 0 Å². The molecule has 0 saturated carbocycles. The molecular formula is C10H14OS. The maximum atomic E-state index is 10.00. The second kappa shape index (κ2) is 5.95. The predicted octanol–water partition coefficient (Wildman–Crippen LogP) is 3.05. The van der Waals surface area contributed by atoms with Crippen LogP contribution in [0.2, 0.25) is 0 Å². The van der Waals surface area contributed by atoms with Crippen molar-refractivity contribution in [3.05, 3.63) is 22.4 Å². The van der Waals surface area contributed by atoms with Gasteiger partial charge >= 0.3 is 0 Å². The Morgan fingerprint density at radius 1 is 1.33 bits per heavy atom. The Labute approximate surface area is 77.4 Å². The normalized spacial score (nSPS) is 10.0. The molecule has 0 amide bonds. The lowest BCUT2D eigenvalue weighted by Crippen LogP contribution is -1.83. The summed E-state index contributed by atoms with van der Waals surface area (Å²) in [6, 6.07) is 2.17. The number of aryl methyl sites for hydroxylation is 1. The highest BCUT2D eigenvalue weighted by Crippen LogP contribution is 2.10. The standard InChI is InChI=1S/C10H14OS/c11-7-4-2-1-3-5-10-6-8-12-9-10/h6-9H,1-5H2. The lowest BCUT2D eigenvalue weighted by atomic mass is 10.1. The average molecular weight is 182 g/mol. The van der Waals surface area contributed by atoms with Gasteiger partial charge in [-0.25, -0.2) is 0 Å². The monoisotopic (exact) mass is 182 g/mol. The molecular weight excluding hydrogens is 168 g/mol. The summed E-state index contributed by atoms with van der Waals surface area (Å²) in [5.41, 5.74) is 1.44. The summed E-state index contributed by atoms with van der Waals surface area (Å²) in [5.74, 6) is 0. The molecule has 2 heteroatoms. The van der Waals surface area contributed by atoms with Crippen LogP contribution in [0.5, 0.6) is 0 Å². The van der Waals surface area contributed by atoms with Crippen molar-refractivity contribution in [2.24, 2.45) is 0 Å². The molecule has 0 spiro atoms. The molecule has 0 atom stereocenters. The van der Waals surface area contributed by atoms with Crippen LogP contribution in [0.3, 0.4) is 0 Å². The first kappa shape index (κ1) is 9.46. The molecule has 12 heavy (non-hydrogen) atoms. The fourth-order valence-electron chi connectivity index (χ4n) is 1.17. The Morgan fingerprint density at radius 3 is 2.92 bits per heavy atom. The van der Waals surface area contributed by atoms with E-state index in [0.717, 1.165) is 19.1 Å². The van der Waals surface area contributed by atoms with Crippen molar-refractivity contribution >= 4 is 17.6 Å². The summed E-state index contributed by atoms with van der Waals surface area (Å²) < 4.78 is 0. The first-order valence-corrected chi connectivity index (χ1v) is 5.32. The third-order valence-corrected chi connectivity index (χ3v) is 2.60. The van der Waals surface area contributed by atoms with Gasteiger partial charge in [0.2, 0.25) is 0 Å². The molecule has 0 aliphatic rings. The van der Waals surface area contributed by atoms with E-state index in [0.29, 0.717) is 0 Å². The molecule has 0 unspecified atom stereocenters. The van der Waals surface area contributed by atoms with Crippen LogP contribution in [0.4, 0.5) is 0 Å². The zero-order chi connectivity index (χ0) is 8.65. The van der Waals surface area contributed by atoms with E-state index in [9.17, 15) is 4.79 Å². The molecule has 0 aliphatic heterocycles. The molecule has 1 nitrogen and oxygen atoms in total. The second-order valence-corrected chi connectivity index (χ2v) is 3.68. The average Bonchev–Trinajstić information content (AvgIpc) is 2.57. The van der Waals surface area contributed by atoms with E-state index >= 15 is 0 Å². The van der Waals surface area contributed by atoms with Gasteiger partial charge in [0.25, 0.3) is 0 Å². The molecule has 0 radical (unpaired) electrons. The highest BCUT2D eigenvalue weighted by atomic mass is 32.1.